The largest absolute Gasteiger partial charge is 0.337 e. The quantitative estimate of drug-likeness (QED) is 0.947. The van der Waals surface area contributed by atoms with Crippen LogP contribution in [0.1, 0.15) is 24.1 Å². The monoisotopic (exact) mass is 299 g/mol. The van der Waals surface area contributed by atoms with Gasteiger partial charge < -0.3 is 5.32 Å². The third-order valence-electron chi connectivity index (χ3n) is 4.41. The maximum Gasteiger partial charge on any atom is 0.321 e. The lowest BCUT2D eigenvalue weighted by atomic mass is 10.1. The molecule has 1 aliphatic carbocycles. The van der Waals surface area contributed by atoms with Crippen LogP contribution in [0.3, 0.4) is 0 Å². The predicted molar refractivity (Wildman–Crippen MR) is 83.9 cm³/mol. The lowest BCUT2D eigenvalue weighted by Gasteiger charge is -2.18. The zero-order chi connectivity index (χ0) is 14.3. The van der Waals surface area contributed by atoms with Gasteiger partial charge in [-0.1, -0.05) is 0 Å². The molecule has 2 aromatic rings. The van der Waals surface area contributed by atoms with Crippen LogP contribution in [0.2, 0.25) is 0 Å². The second-order valence-corrected chi connectivity index (χ2v) is 6.63. The van der Waals surface area contributed by atoms with E-state index in [0.717, 1.165) is 37.2 Å². The van der Waals surface area contributed by atoms with Gasteiger partial charge in [-0.15, -0.1) is 0 Å². The van der Waals surface area contributed by atoms with E-state index in [1.807, 2.05) is 23.2 Å². The second kappa shape index (κ2) is 4.84. The lowest BCUT2D eigenvalue weighted by Crippen LogP contribution is -2.41. The van der Waals surface area contributed by atoms with Gasteiger partial charge in [0.25, 0.3) is 0 Å². The predicted octanol–water partition coefficient (Wildman–Crippen LogP) is 2.95. The molecule has 2 aliphatic rings. The Morgan fingerprint density at radius 2 is 2.33 bits per heavy atom. The normalized spacial score (nSPS) is 17.8. The summed E-state index contributed by atoms with van der Waals surface area (Å²) in [5.41, 5.74) is 3.53. The number of hydrogen-bond acceptors (Lipinski definition) is 3. The van der Waals surface area contributed by atoms with E-state index in [2.05, 4.69) is 27.1 Å². The average Bonchev–Trinajstić information content (AvgIpc) is 2.95. The molecule has 4 nitrogen and oxygen atoms in total. The summed E-state index contributed by atoms with van der Waals surface area (Å²) in [4.78, 5) is 18.8. The average molecular weight is 299 g/mol. The highest BCUT2D eigenvalue weighted by atomic mass is 32.1. The number of amides is 2. The van der Waals surface area contributed by atoms with Crippen LogP contribution in [0.5, 0.6) is 0 Å². The van der Waals surface area contributed by atoms with Gasteiger partial charge in [0.2, 0.25) is 0 Å². The SMILES string of the molecule is O=C(NCCc1ccsc1)N1CC2(CC2)c2ncccc21. The number of nitrogens with one attached hydrogen (secondary N) is 1. The van der Waals surface area contributed by atoms with Crippen molar-refractivity contribution >= 4 is 23.1 Å². The summed E-state index contributed by atoms with van der Waals surface area (Å²) in [5.74, 6) is 0. The van der Waals surface area contributed by atoms with Crippen molar-refractivity contribution in [2.45, 2.75) is 24.7 Å². The first kappa shape index (κ1) is 12.8. The molecule has 4 rings (SSSR count). The number of carbonyl (C=O) groups is 1. The van der Waals surface area contributed by atoms with Gasteiger partial charge in [-0.3, -0.25) is 9.88 Å². The molecule has 1 N–H and O–H groups in total. The Bertz CT molecular complexity index is 664. The lowest BCUT2D eigenvalue weighted by molar-refractivity contribution is 0.246. The van der Waals surface area contributed by atoms with Crippen LogP contribution >= 0.6 is 11.3 Å². The molecule has 1 spiro atoms. The van der Waals surface area contributed by atoms with E-state index in [4.69, 9.17) is 0 Å². The summed E-state index contributed by atoms with van der Waals surface area (Å²) in [6.45, 7) is 1.46. The van der Waals surface area contributed by atoms with Crippen LogP contribution in [0.15, 0.2) is 35.2 Å². The number of thiophene rings is 1. The minimum absolute atomic E-state index is 0.00301. The maximum absolute atomic E-state index is 12.4. The number of hydrogen-bond donors (Lipinski definition) is 1. The Balaban J connectivity index is 1.43. The molecule has 0 bridgehead atoms. The minimum atomic E-state index is 0.00301. The van der Waals surface area contributed by atoms with E-state index in [1.54, 1.807) is 11.3 Å². The Morgan fingerprint density at radius 3 is 3.10 bits per heavy atom. The summed E-state index contributed by atoms with van der Waals surface area (Å²) in [6.07, 6.45) is 5.01. The molecule has 1 fully saturated rings. The molecule has 1 saturated carbocycles. The van der Waals surface area contributed by atoms with E-state index < -0.39 is 0 Å². The molecule has 0 saturated heterocycles. The van der Waals surface area contributed by atoms with E-state index in [1.165, 1.54) is 5.56 Å². The van der Waals surface area contributed by atoms with Gasteiger partial charge in [0.1, 0.15) is 0 Å². The Morgan fingerprint density at radius 1 is 1.43 bits per heavy atom. The van der Waals surface area contributed by atoms with Crippen LogP contribution < -0.4 is 10.2 Å². The number of fused-ring (bicyclic) bond motifs is 2. The van der Waals surface area contributed by atoms with Crippen molar-refractivity contribution in [2.75, 3.05) is 18.0 Å². The van der Waals surface area contributed by atoms with Crippen molar-refractivity contribution in [3.63, 3.8) is 0 Å². The van der Waals surface area contributed by atoms with Crippen molar-refractivity contribution in [2.24, 2.45) is 0 Å². The molecule has 3 heterocycles. The van der Waals surface area contributed by atoms with Gasteiger partial charge >= 0.3 is 6.03 Å². The Kier molecular flexibility index (Phi) is 2.96. The number of rotatable bonds is 3. The van der Waals surface area contributed by atoms with Gasteiger partial charge in [-0.2, -0.15) is 11.3 Å². The van der Waals surface area contributed by atoms with Gasteiger partial charge in [0, 0.05) is 24.7 Å². The van der Waals surface area contributed by atoms with Crippen LogP contribution in [0.25, 0.3) is 0 Å². The fourth-order valence-corrected chi connectivity index (χ4v) is 3.76. The number of carbonyl (C=O) groups excluding carboxylic acids is 1. The number of nitrogens with zero attached hydrogens (tertiary/aromatic N) is 2. The molecule has 108 valence electrons. The van der Waals surface area contributed by atoms with Gasteiger partial charge in [0.15, 0.2) is 0 Å². The number of pyridine rings is 1. The summed E-state index contributed by atoms with van der Waals surface area (Å²) >= 11 is 1.69. The highest BCUT2D eigenvalue weighted by Gasteiger charge is 2.54. The minimum Gasteiger partial charge on any atom is -0.337 e. The summed E-state index contributed by atoms with van der Waals surface area (Å²) in [7, 11) is 0. The Labute approximate surface area is 127 Å². The van der Waals surface area contributed by atoms with Crippen LogP contribution in [0.4, 0.5) is 10.5 Å². The molecular formula is C16H17N3OS. The zero-order valence-electron chi connectivity index (χ0n) is 11.7. The highest BCUT2D eigenvalue weighted by Crippen LogP contribution is 2.55. The molecule has 0 unspecified atom stereocenters. The molecule has 2 aromatic heterocycles. The summed E-state index contributed by atoms with van der Waals surface area (Å²) in [5, 5.41) is 7.22. The van der Waals surface area contributed by atoms with Gasteiger partial charge in [-0.25, -0.2) is 4.79 Å². The summed E-state index contributed by atoms with van der Waals surface area (Å²) in [6, 6.07) is 6.02. The van der Waals surface area contributed by atoms with Crippen LogP contribution in [-0.2, 0) is 11.8 Å². The van der Waals surface area contributed by atoms with Crippen LogP contribution in [0, 0.1) is 0 Å². The fourth-order valence-electron chi connectivity index (χ4n) is 3.06. The van der Waals surface area contributed by atoms with Crippen molar-refractivity contribution in [1.29, 1.82) is 0 Å². The maximum atomic E-state index is 12.4. The molecule has 0 radical (unpaired) electrons. The van der Waals surface area contributed by atoms with E-state index in [9.17, 15) is 4.79 Å². The van der Waals surface area contributed by atoms with Crippen molar-refractivity contribution < 1.29 is 4.79 Å². The molecule has 1 aliphatic heterocycles. The van der Waals surface area contributed by atoms with E-state index in [0.29, 0.717) is 6.54 Å². The van der Waals surface area contributed by atoms with E-state index in [-0.39, 0.29) is 11.4 Å². The molecule has 2 amide bonds. The smallest absolute Gasteiger partial charge is 0.321 e. The number of urea groups is 1. The molecule has 21 heavy (non-hydrogen) atoms. The first-order valence-corrected chi connectivity index (χ1v) is 8.25. The van der Waals surface area contributed by atoms with Crippen molar-refractivity contribution in [1.82, 2.24) is 10.3 Å². The van der Waals surface area contributed by atoms with E-state index >= 15 is 0 Å². The van der Waals surface area contributed by atoms with Crippen molar-refractivity contribution in [3.05, 3.63) is 46.4 Å². The topological polar surface area (TPSA) is 45.2 Å². The third kappa shape index (κ3) is 2.21. The van der Waals surface area contributed by atoms with Gasteiger partial charge in [-0.05, 0) is 53.8 Å². The highest BCUT2D eigenvalue weighted by molar-refractivity contribution is 7.07. The molecule has 0 aromatic carbocycles. The third-order valence-corrected chi connectivity index (χ3v) is 5.14. The standard InChI is InChI=1S/C16H17N3OS/c20-15(18-8-3-12-4-9-21-10-12)19-11-16(5-6-16)14-13(19)2-1-7-17-14/h1-2,4,7,9-10H,3,5-6,8,11H2,(H,18,20). The zero-order valence-corrected chi connectivity index (χ0v) is 12.5. The molecule has 0 atom stereocenters. The first-order valence-electron chi connectivity index (χ1n) is 7.30. The molecular weight excluding hydrogens is 282 g/mol. The van der Waals surface area contributed by atoms with Gasteiger partial charge in [0.05, 0.1) is 11.4 Å². The van der Waals surface area contributed by atoms with Crippen LogP contribution in [-0.4, -0.2) is 24.1 Å². The summed E-state index contributed by atoms with van der Waals surface area (Å²) < 4.78 is 0. The molecule has 5 heteroatoms. The number of anilines is 1. The van der Waals surface area contributed by atoms with Crippen molar-refractivity contribution in [3.8, 4) is 0 Å². The Hall–Kier alpha value is -1.88. The fraction of sp³-hybridized carbons (Fsp3) is 0.375. The first-order chi connectivity index (χ1) is 10.3. The second-order valence-electron chi connectivity index (χ2n) is 5.85. The number of aromatic nitrogens is 1.